The quantitative estimate of drug-likeness (QED) is 0.566. The van der Waals surface area contributed by atoms with Crippen LogP contribution in [0.1, 0.15) is 24.0 Å². The van der Waals surface area contributed by atoms with Gasteiger partial charge in [0.25, 0.3) is 0 Å². The lowest BCUT2D eigenvalue weighted by molar-refractivity contribution is -0.139. The molecule has 142 valence electrons. The summed E-state index contributed by atoms with van der Waals surface area (Å²) in [5, 5.41) is 4.91. The second-order valence-electron chi connectivity index (χ2n) is 6.39. The predicted octanol–water partition coefficient (Wildman–Crippen LogP) is 0.875. The molecule has 7 nitrogen and oxygen atoms in total. The highest BCUT2D eigenvalue weighted by molar-refractivity contribution is 7.89. The van der Waals surface area contributed by atoms with Gasteiger partial charge in [-0.05, 0) is 43.9 Å². The minimum atomic E-state index is -3.66. The molecule has 1 aromatic carbocycles. The molecule has 1 fully saturated rings. The molecule has 1 atom stereocenters. The molecule has 0 aromatic heterocycles. The molecular weight excluding hydrogens is 354 g/mol. The summed E-state index contributed by atoms with van der Waals surface area (Å²) in [5.41, 5.74) is 1.56. The molecule has 0 unspecified atom stereocenters. The normalized spacial score (nSPS) is 17.7. The molecule has 0 bridgehead atoms. The van der Waals surface area contributed by atoms with Crippen LogP contribution in [0.3, 0.4) is 0 Å². The van der Waals surface area contributed by atoms with Crippen molar-refractivity contribution in [2.24, 2.45) is 0 Å². The van der Waals surface area contributed by atoms with Crippen LogP contribution in [0, 0.1) is 13.8 Å². The van der Waals surface area contributed by atoms with E-state index in [9.17, 15) is 18.0 Å². The van der Waals surface area contributed by atoms with Gasteiger partial charge in [0.15, 0.2) is 0 Å². The maximum Gasteiger partial charge on any atom is 0.309 e. The number of benzene rings is 1. The van der Waals surface area contributed by atoms with Gasteiger partial charge in [0.2, 0.25) is 10.0 Å². The molecular formula is C18H25N3O4S. The summed E-state index contributed by atoms with van der Waals surface area (Å²) in [6.07, 6.45) is 2.83. The first kappa shape index (κ1) is 20.1. The fraction of sp³-hybridized carbons (Fsp3) is 0.444. The van der Waals surface area contributed by atoms with Gasteiger partial charge < -0.3 is 10.6 Å². The first-order valence-corrected chi connectivity index (χ1v) is 9.97. The number of carbonyl (C=O) groups is 2. The fourth-order valence-corrected chi connectivity index (χ4v) is 4.98. The summed E-state index contributed by atoms with van der Waals surface area (Å²) in [4.78, 5) is 23.7. The van der Waals surface area contributed by atoms with Gasteiger partial charge in [-0.25, -0.2) is 8.42 Å². The van der Waals surface area contributed by atoms with E-state index >= 15 is 0 Å². The van der Waals surface area contributed by atoms with Gasteiger partial charge in [-0.2, -0.15) is 4.31 Å². The lowest BCUT2D eigenvalue weighted by atomic mass is 10.2. The lowest BCUT2D eigenvalue weighted by Crippen LogP contribution is -2.47. The highest BCUT2D eigenvalue weighted by Gasteiger charge is 2.36. The summed E-state index contributed by atoms with van der Waals surface area (Å²) >= 11 is 0. The number of sulfonamides is 1. The van der Waals surface area contributed by atoms with Crippen LogP contribution in [0.15, 0.2) is 35.7 Å². The highest BCUT2D eigenvalue weighted by Crippen LogP contribution is 2.28. The molecule has 2 amide bonds. The number of rotatable bonds is 6. The average molecular weight is 379 g/mol. The summed E-state index contributed by atoms with van der Waals surface area (Å²) in [5.74, 6) is -1.53. The Morgan fingerprint density at radius 1 is 1.27 bits per heavy atom. The van der Waals surface area contributed by atoms with Crippen molar-refractivity contribution in [3.05, 3.63) is 42.0 Å². The third kappa shape index (κ3) is 4.50. The van der Waals surface area contributed by atoms with E-state index in [0.717, 1.165) is 5.56 Å². The number of amides is 2. The number of hydrogen-bond donors (Lipinski definition) is 2. The van der Waals surface area contributed by atoms with Crippen molar-refractivity contribution >= 4 is 21.8 Å². The topological polar surface area (TPSA) is 95.6 Å². The first-order valence-electron chi connectivity index (χ1n) is 8.53. The molecule has 1 aromatic rings. The monoisotopic (exact) mass is 379 g/mol. The Labute approximate surface area is 154 Å². The van der Waals surface area contributed by atoms with Crippen molar-refractivity contribution in [1.82, 2.24) is 14.9 Å². The van der Waals surface area contributed by atoms with Crippen LogP contribution in [0.25, 0.3) is 0 Å². The minimum Gasteiger partial charge on any atom is -0.346 e. The Balaban J connectivity index is 2.09. The molecule has 26 heavy (non-hydrogen) atoms. The molecule has 0 saturated carbocycles. The Bertz CT molecular complexity index is 805. The van der Waals surface area contributed by atoms with Crippen molar-refractivity contribution in [1.29, 1.82) is 0 Å². The van der Waals surface area contributed by atoms with Crippen LogP contribution in [0.5, 0.6) is 0 Å². The van der Waals surface area contributed by atoms with Crippen LogP contribution in [0.4, 0.5) is 0 Å². The highest BCUT2D eigenvalue weighted by atomic mass is 32.2. The second-order valence-corrected chi connectivity index (χ2v) is 8.25. The number of aryl methyl sites for hydroxylation is 2. The average Bonchev–Trinajstić information content (AvgIpc) is 3.08. The van der Waals surface area contributed by atoms with Gasteiger partial charge in [-0.1, -0.05) is 18.2 Å². The van der Waals surface area contributed by atoms with Crippen LogP contribution >= 0.6 is 0 Å². The standard InChI is InChI=1S/C18H25N3O4S/c1-4-9-19-17(22)18(23)20-12-15-6-5-10-21(15)26(24,25)16-11-13(2)7-8-14(16)3/h4,7-8,11,15H,1,5-6,9-10,12H2,2-3H3,(H,19,22)(H,20,23)/t15-/m1/s1. The van der Waals surface area contributed by atoms with Gasteiger partial charge in [0, 0.05) is 25.7 Å². The molecule has 1 aliphatic rings. The molecule has 0 aliphatic carbocycles. The van der Waals surface area contributed by atoms with E-state index in [1.807, 2.05) is 13.0 Å². The largest absolute Gasteiger partial charge is 0.346 e. The summed E-state index contributed by atoms with van der Waals surface area (Å²) in [6, 6.07) is 4.97. The van der Waals surface area contributed by atoms with Crippen molar-refractivity contribution in [2.75, 3.05) is 19.6 Å². The Morgan fingerprint density at radius 2 is 1.96 bits per heavy atom. The number of hydrogen-bond acceptors (Lipinski definition) is 4. The third-order valence-electron chi connectivity index (χ3n) is 4.36. The zero-order valence-corrected chi connectivity index (χ0v) is 15.9. The van der Waals surface area contributed by atoms with Gasteiger partial charge >= 0.3 is 11.8 Å². The van der Waals surface area contributed by atoms with E-state index in [-0.39, 0.29) is 19.1 Å². The van der Waals surface area contributed by atoms with Crippen molar-refractivity contribution in [3.63, 3.8) is 0 Å². The van der Waals surface area contributed by atoms with E-state index in [1.54, 1.807) is 19.1 Å². The molecule has 1 heterocycles. The van der Waals surface area contributed by atoms with Crippen molar-refractivity contribution in [3.8, 4) is 0 Å². The molecule has 0 spiro atoms. The fourth-order valence-electron chi connectivity index (χ4n) is 2.98. The van der Waals surface area contributed by atoms with E-state index in [2.05, 4.69) is 17.2 Å². The Morgan fingerprint density at radius 3 is 2.65 bits per heavy atom. The summed E-state index contributed by atoms with van der Waals surface area (Å²) < 4.78 is 27.5. The molecule has 2 N–H and O–H groups in total. The minimum absolute atomic E-state index is 0.102. The number of nitrogens with one attached hydrogen (secondary N) is 2. The zero-order chi connectivity index (χ0) is 19.3. The van der Waals surface area contributed by atoms with E-state index in [1.165, 1.54) is 10.4 Å². The van der Waals surface area contributed by atoms with Gasteiger partial charge in [0.1, 0.15) is 0 Å². The summed E-state index contributed by atoms with van der Waals surface area (Å²) in [7, 11) is -3.66. The van der Waals surface area contributed by atoms with Crippen LogP contribution in [-0.2, 0) is 19.6 Å². The number of carbonyl (C=O) groups excluding carboxylic acids is 2. The van der Waals surface area contributed by atoms with Crippen LogP contribution < -0.4 is 10.6 Å². The predicted molar refractivity (Wildman–Crippen MR) is 99.0 cm³/mol. The van der Waals surface area contributed by atoms with Gasteiger partial charge in [-0.15, -0.1) is 6.58 Å². The molecule has 2 rings (SSSR count). The van der Waals surface area contributed by atoms with Crippen molar-refractivity contribution in [2.45, 2.75) is 37.6 Å². The molecule has 0 radical (unpaired) electrons. The third-order valence-corrected chi connectivity index (χ3v) is 6.46. The van der Waals surface area contributed by atoms with E-state index in [4.69, 9.17) is 0 Å². The maximum atomic E-state index is 13.1. The molecule has 1 saturated heterocycles. The smallest absolute Gasteiger partial charge is 0.309 e. The molecule has 1 aliphatic heterocycles. The van der Waals surface area contributed by atoms with E-state index in [0.29, 0.717) is 29.8 Å². The first-order chi connectivity index (χ1) is 12.3. The van der Waals surface area contributed by atoms with Crippen LogP contribution in [0.2, 0.25) is 0 Å². The Kier molecular flexibility index (Phi) is 6.55. The lowest BCUT2D eigenvalue weighted by Gasteiger charge is -2.25. The SMILES string of the molecule is C=CCNC(=O)C(=O)NC[C@H]1CCCN1S(=O)(=O)c1cc(C)ccc1C. The van der Waals surface area contributed by atoms with Gasteiger partial charge in [0.05, 0.1) is 4.90 Å². The molecule has 8 heteroatoms. The maximum absolute atomic E-state index is 13.1. The van der Waals surface area contributed by atoms with E-state index < -0.39 is 21.8 Å². The van der Waals surface area contributed by atoms with Crippen molar-refractivity contribution < 1.29 is 18.0 Å². The summed E-state index contributed by atoms with van der Waals surface area (Å²) in [6.45, 7) is 7.78. The number of nitrogens with zero attached hydrogens (tertiary/aromatic N) is 1. The van der Waals surface area contributed by atoms with Crippen LogP contribution in [-0.4, -0.2) is 50.2 Å². The Hall–Kier alpha value is -2.19. The zero-order valence-electron chi connectivity index (χ0n) is 15.1. The second kappa shape index (κ2) is 8.46. The van der Waals surface area contributed by atoms with Gasteiger partial charge in [-0.3, -0.25) is 9.59 Å².